The first-order valence-corrected chi connectivity index (χ1v) is 14.6. The molecular weight excluding hydrogens is 526 g/mol. The summed E-state index contributed by atoms with van der Waals surface area (Å²) in [4.78, 5) is 10.2. The molecule has 4 aromatic carbocycles. The Balaban J connectivity index is 1.34. The van der Waals surface area contributed by atoms with E-state index in [-0.39, 0.29) is 18.0 Å². The van der Waals surface area contributed by atoms with Crippen LogP contribution in [0.3, 0.4) is 0 Å². The molecule has 7 rings (SSSR count). The van der Waals surface area contributed by atoms with Crippen molar-refractivity contribution in [3.05, 3.63) is 154 Å². The first-order chi connectivity index (χ1) is 20.2. The number of phenols is 1. The number of aromatic hydroxyl groups is 1. The average molecular weight is 556 g/mol. The summed E-state index contributed by atoms with van der Waals surface area (Å²) in [6.07, 6.45) is 2.45. The van der Waals surface area contributed by atoms with Crippen LogP contribution in [0.5, 0.6) is 5.75 Å². The highest BCUT2D eigenvalue weighted by Gasteiger charge is 2.25. The predicted octanol–water partition coefficient (Wildman–Crippen LogP) is 5.26. The Bertz CT molecular complexity index is 1870. The van der Waals surface area contributed by atoms with E-state index in [9.17, 15) is 5.11 Å². The SMILES string of the molecule is Oc1ccc(CCNC2=c3ncn(C(c4ccccc4)c4ccccc4)c3=NC(c3csc4ccccc34)N2)cc1. The highest BCUT2D eigenvalue weighted by atomic mass is 32.1. The van der Waals surface area contributed by atoms with Crippen molar-refractivity contribution in [1.29, 1.82) is 0 Å². The number of nitrogens with one attached hydrogen (secondary N) is 2. The number of imidazole rings is 1. The topological polar surface area (TPSA) is 74.5 Å². The molecule has 1 aliphatic rings. The molecule has 6 aromatic rings. The zero-order valence-electron chi connectivity index (χ0n) is 22.3. The lowest BCUT2D eigenvalue weighted by molar-refractivity contribution is 0.475. The van der Waals surface area contributed by atoms with Crippen molar-refractivity contribution in [2.75, 3.05) is 6.54 Å². The maximum absolute atomic E-state index is 9.65. The molecule has 0 bridgehead atoms. The molecule has 6 nitrogen and oxygen atoms in total. The highest BCUT2D eigenvalue weighted by Crippen LogP contribution is 2.32. The zero-order valence-corrected chi connectivity index (χ0v) is 23.1. The van der Waals surface area contributed by atoms with E-state index in [0.717, 1.165) is 34.2 Å². The average Bonchev–Trinajstić information content (AvgIpc) is 3.64. The molecule has 0 saturated heterocycles. The fourth-order valence-electron chi connectivity index (χ4n) is 5.48. The third-order valence-corrected chi connectivity index (χ3v) is 8.48. The van der Waals surface area contributed by atoms with E-state index < -0.39 is 0 Å². The molecule has 7 heteroatoms. The summed E-state index contributed by atoms with van der Waals surface area (Å²) in [6, 6.07) is 36.8. The first kappa shape index (κ1) is 25.1. The van der Waals surface area contributed by atoms with Crippen LogP contribution in [-0.2, 0) is 6.42 Å². The molecule has 3 heterocycles. The Hall–Kier alpha value is -4.88. The second-order valence-corrected chi connectivity index (χ2v) is 11.0. The second-order valence-electron chi connectivity index (χ2n) is 10.1. The van der Waals surface area contributed by atoms with Crippen molar-refractivity contribution < 1.29 is 5.11 Å². The molecule has 0 aliphatic carbocycles. The third-order valence-electron chi connectivity index (χ3n) is 7.50. The van der Waals surface area contributed by atoms with Gasteiger partial charge in [-0.15, -0.1) is 11.3 Å². The van der Waals surface area contributed by atoms with Gasteiger partial charge < -0.3 is 20.3 Å². The fourth-order valence-corrected chi connectivity index (χ4v) is 6.46. The summed E-state index contributed by atoms with van der Waals surface area (Å²) in [5.74, 6) is 1.15. The van der Waals surface area contributed by atoms with E-state index in [2.05, 4.69) is 93.4 Å². The van der Waals surface area contributed by atoms with Gasteiger partial charge in [-0.25, -0.2) is 9.98 Å². The van der Waals surface area contributed by atoms with Crippen molar-refractivity contribution in [2.45, 2.75) is 18.6 Å². The first-order valence-electron chi connectivity index (χ1n) is 13.7. The second kappa shape index (κ2) is 10.9. The molecule has 0 spiro atoms. The molecule has 0 radical (unpaired) electrons. The number of fused-ring (bicyclic) bond motifs is 2. The third kappa shape index (κ3) is 4.96. The minimum Gasteiger partial charge on any atom is -0.508 e. The van der Waals surface area contributed by atoms with Crippen molar-refractivity contribution in [2.24, 2.45) is 4.99 Å². The van der Waals surface area contributed by atoms with Gasteiger partial charge in [-0.3, -0.25) is 0 Å². The van der Waals surface area contributed by atoms with Crippen LogP contribution in [0.1, 0.15) is 34.5 Å². The van der Waals surface area contributed by atoms with Crippen molar-refractivity contribution in [3.63, 3.8) is 0 Å². The summed E-state index contributed by atoms with van der Waals surface area (Å²) in [5.41, 5.74) is 5.49. The zero-order chi connectivity index (χ0) is 27.6. The van der Waals surface area contributed by atoms with Crippen LogP contribution in [0.4, 0.5) is 0 Å². The van der Waals surface area contributed by atoms with Crippen molar-refractivity contribution in [3.8, 4) is 5.75 Å². The molecule has 3 N–H and O–H groups in total. The highest BCUT2D eigenvalue weighted by molar-refractivity contribution is 7.17. The van der Waals surface area contributed by atoms with E-state index in [4.69, 9.17) is 9.98 Å². The quantitative estimate of drug-likeness (QED) is 0.240. The largest absolute Gasteiger partial charge is 0.508 e. The summed E-state index contributed by atoms with van der Waals surface area (Å²) >= 11 is 1.74. The number of aromatic nitrogens is 2. The van der Waals surface area contributed by atoms with Crippen LogP contribution in [-0.4, -0.2) is 21.2 Å². The molecule has 2 aromatic heterocycles. The molecule has 1 atom stereocenters. The molecule has 202 valence electrons. The Morgan fingerprint density at radius 2 is 1.54 bits per heavy atom. The Labute approximate surface area is 242 Å². The van der Waals surface area contributed by atoms with Gasteiger partial charge in [0.15, 0.2) is 5.49 Å². The molecule has 1 aliphatic heterocycles. The van der Waals surface area contributed by atoms with Gasteiger partial charge in [-0.2, -0.15) is 0 Å². The van der Waals surface area contributed by atoms with E-state index in [1.807, 2.05) is 30.6 Å². The number of nitrogens with zero attached hydrogens (tertiary/aromatic N) is 3. The van der Waals surface area contributed by atoms with Gasteiger partial charge in [0.1, 0.15) is 23.1 Å². The minimum absolute atomic E-state index is 0.0754. The predicted molar refractivity (Wildman–Crippen MR) is 164 cm³/mol. The van der Waals surface area contributed by atoms with Gasteiger partial charge in [-0.05, 0) is 52.1 Å². The maximum Gasteiger partial charge on any atom is 0.162 e. The monoisotopic (exact) mass is 555 g/mol. The van der Waals surface area contributed by atoms with Gasteiger partial charge in [-0.1, -0.05) is 91.0 Å². The summed E-state index contributed by atoms with van der Waals surface area (Å²) in [7, 11) is 0. The Kier molecular flexibility index (Phi) is 6.70. The standard InChI is InChI=1S/C34H29N5OS/c40-26-17-15-23(16-18-26)19-20-35-33-30-34(38-32(37-33)28-21-41-29-14-8-7-13-27(28)29)39(22-36-30)31(24-9-3-1-4-10-24)25-11-5-2-6-12-25/h1-18,21-22,31-32,35,37,40H,19-20H2. The van der Waals surface area contributed by atoms with E-state index in [1.165, 1.54) is 21.2 Å². The van der Waals surface area contributed by atoms with E-state index >= 15 is 0 Å². The number of benzene rings is 4. The van der Waals surface area contributed by atoms with E-state index in [0.29, 0.717) is 6.54 Å². The van der Waals surface area contributed by atoms with Crippen LogP contribution >= 0.6 is 11.3 Å². The number of phenolic OH excluding ortho intramolecular Hbond substituents is 1. The minimum atomic E-state index is -0.266. The normalized spacial score (nSPS) is 14.5. The molecule has 0 saturated carbocycles. The lowest BCUT2D eigenvalue weighted by Gasteiger charge is -2.24. The van der Waals surface area contributed by atoms with Gasteiger partial charge >= 0.3 is 0 Å². The van der Waals surface area contributed by atoms with Crippen molar-refractivity contribution >= 4 is 27.2 Å². The number of thiophene rings is 1. The summed E-state index contributed by atoms with van der Waals surface area (Å²) < 4.78 is 3.44. The van der Waals surface area contributed by atoms with Gasteiger partial charge in [0.25, 0.3) is 0 Å². The summed E-state index contributed by atoms with van der Waals surface area (Å²) in [5, 5.41) is 21.2. The molecular formula is C34H29N5OS. The van der Waals surface area contributed by atoms with E-state index in [1.54, 1.807) is 23.5 Å². The molecule has 0 fully saturated rings. The van der Waals surface area contributed by atoms with Crippen LogP contribution in [0.15, 0.2) is 126 Å². The molecule has 41 heavy (non-hydrogen) atoms. The number of rotatable bonds is 8. The van der Waals surface area contributed by atoms with Crippen LogP contribution in [0, 0.1) is 0 Å². The Morgan fingerprint density at radius 3 is 2.27 bits per heavy atom. The van der Waals surface area contributed by atoms with Gasteiger partial charge in [0.2, 0.25) is 0 Å². The van der Waals surface area contributed by atoms with Crippen LogP contribution < -0.4 is 21.5 Å². The lowest BCUT2D eigenvalue weighted by atomic mass is 9.98. The maximum atomic E-state index is 9.65. The molecule has 0 amide bonds. The van der Waals surface area contributed by atoms with Crippen molar-refractivity contribution in [1.82, 2.24) is 20.2 Å². The number of hydrogen-bond acceptors (Lipinski definition) is 6. The van der Waals surface area contributed by atoms with Gasteiger partial charge in [0.05, 0.1) is 12.4 Å². The van der Waals surface area contributed by atoms with Crippen LogP contribution in [0.25, 0.3) is 15.9 Å². The smallest absolute Gasteiger partial charge is 0.162 e. The molecule has 1 unspecified atom stereocenters. The summed E-state index contributed by atoms with van der Waals surface area (Å²) in [6.45, 7) is 0.706. The van der Waals surface area contributed by atoms with Gasteiger partial charge in [0, 0.05) is 16.8 Å². The van der Waals surface area contributed by atoms with Crippen LogP contribution in [0.2, 0.25) is 0 Å². The number of hydrogen-bond donors (Lipinski definition) is 3. The fraction of sp³-hybridized carbons (Fsp3) is 0.118. The Morgan fingerprint density at radius 1 is 0.854 bits per heavy atom. The lowest BCUT2D eigenvalue weighted by Crippen LogP contribution is -2.47.